The summed E-state index contributed by atoms with van der Waals surface area (Å²) in [7, 11) is 0. The number of anilines is 1. The standard InChI is InChI=1S/C14H15N3O3/c15-11-3-1-10(2-4-11)13-16-12(9-20-13)14(18)17-5-7-19-8-6-17/h1-4,9H,5-8,15H2. The Morgan fingerprint density at radius 2 is 1.90 bits per heavy atom. The molecule has 2 heterocycles. The molecule has 3 rings (SSSR count). The maximum atomic E-state index is 12.2. The lowest BCUT2D eigenvalue weighted by atomic mass is 10.2. The molecule has 0 bridgehead atoms. The Balaban J connectivity index is 1.79. The minimum absolute atomic E-state index is 0.126. The third-order valence-corrected chi connectivity index (χ3v) is 3.18. The van der Waals surface area contributed by atoms with Gasteiger partial charge in [-0.3, -0.25) is 4.79 Å². The van der Waals surface area contributed by atoms with Gasteiger partial charge in [-0.25, -0.2) is 4.98 Å². The summed E-state index contributed by atoms with van der Waals surface area (Å²) in [6.45, 7) is 2.30. The SMILES string of the molecule is Nc1ccc(-c2nc(C(=O)N3CCOCC3)co2)cc1. The third-order valence-electron chi connectivity index (χ3n) is 3.18. The summed E-state index contributed by atoms with van der Waals surface area (Å²) >= 11 is 0. The van der Waals surface area contributed by atoms with E-state index in [-0.39, 0.29) is 5.91 Å². The van der Waals surface area contributed by atoms with Gasteiger partial charge >= 0.3 is 0 Å². The first-order chi connectivity index (χ1) is 9.74. The van der Waals surface area contributed by atoms with Crippen molar-refractivity contribution in [2.45, 2.75) is 0 Å². The van der Waals surface area contributed by atoms with E-state index < -0.39 is 0 Å². The molecule has 0 saturated carbocycles. The summed E-state index contributed by atoms with van der Waals surface area (Å²) in [5, 5.41) is 0. The second-order valence-corrected chi connectivity index (χ2v) is 4.56. The topological polar surface area (TPSA) is 81.6 Å². The van der Waals surface area contributed by atoms with Crippen molar-refractivity contribution < 1.29 is 13.9 Å². The Labute approximate surface area is 116 Å². The Kier molecular flexibility index (Phi) is 3.39. The number of oxazole rings is 1. The predicted molar refractivity (Wildman–Crippen MR) is 73.1 cm³/mol. The van der Waals surface area contributed by atoms with Gasteiger partial charge in [0.1, 0.15) is 6.26 Å². The van der Waals surface area contributed by atoms with Crippen LogP contribution >= 0.6 is 0 Å². The molecule has 6 heteroatoms. The van der Waals surface area contributed by atoms with Crippen LogP contribution in [0, 0.1) is 0 Å². The number of carbonyl (C=O) groups excluding carboxylic acids is 1. The predicted octanol–water partition coefficient (Wildman–Crippen LogP) is 1.40. The van der Waals surface area contributed by atoms with Crippen LogP contribution in [-0.4, -0.2) is 42.1 Å². The molecule has 1 aliphatic rings. The molecule has 104 valence electrons. The molecule has 1 saturated heterocycles. The van der Waals surface area contributed by atoms with E-state index in [1.807, 2.05) is 12.1 Å². The normalized spacial score (nSPS) is 15.3. The number of morpholine rings is 1. The van der Waals surface area contributed by atoms with Crippen molar-refractivity contribution >= 4 is 11.6 Å². The Morgan fingerprint density at radius 3 is 2.60 bits per heavy atom. The maximum absolute atomic E-state index is 12.2. The fourth-order valence-electron chi connectivity index (χ4n) is 2.06. The van der Waals surface area contributed by atoms with Gasteiger partial charge in [0.25, 0.3) is 5.91 Å². The van der Waals surface area contributed by atoms with E-state index in [0.29, 0.717) is 43.6 Å². The lowest BCUT2D eigenvalue weighted by molar-refractivity contribution is 0.0299. The fraction of sp³-hybridized carbons (Fsp3) is 0.286. The minimum atomic E-state index is -0.126. The van der Waals surface area contributed by atoms with Crippen LogP contribution in [0.2, 0.25) is 0 Å². The molecule has 1 fully saturated rings. The van der Waals surface area contributed by atoms with Crippen molar-refractivity contribution in [3.63, 3.8) is 0 Å². The van der Waals surface area contributed by atoms with Crippen molar-refractivity contribution in [3.8, 4) is 11.5 Å². The number of nitrogens with zero attached hydrogens (tertiary/aromatic N) is 2. The second-order valence-electron chi connectivity index (χ2n) is 4.56. The molecule has 0 atom stereocenters. The van der Waals surface area contributed by atoms with Crippen LogP contribution in [0.1, 0.15) is 10.5 Å². The van der Waals surface area contributed by atoms with Gasteiger partial charge in [0.15, 0.2) is 5.69 Å². The first-order valence-electron chi connectivity index (χ1n) is 6.42. The van der Waals surface area contributed by atoms with E-state index in [2.05, 4.69) is 4.98 Å². The van der Waals surface area contributed by atoms with E-state index >= 15 is 0 Å². The highest BCUT2D eigenvalue weighted by Gasteiger charge is 2.21. The fourth-order valence-corrected chi connectivity index (χ4v) is 2.06. The second kappa shape index (κ2) is 5.34. The molecule has 6 nitrogen and oxygen atoms in total. The monoisotopic (exact) mass is 273 g/mol. The number of amides is 1. The summed E-state index contributed by atoms with van der Waals surface area (Å²) in [5.74, 6) is 0.292. The molecule has 0 aliphatic carbocycles. The van der Waals surface area contributed by atoms with Crippen LogP contribution in [0.15, 0.2) is 34.9 Å². The number of nitrogens with two attached hydrogens (primary N) is 1. The molecule has 0 unspecified atom stereocenters. The van der Waals surface area contributed by atoms with Crippen molar-refractivity contribution in [1.82, 2.24) is 9.88 Å². The van der Waals surface area contributed by atoms with E-state index in [0.717, 1.165) is 5.56 Å². The highest BCUT2D eigenvalue weighted by atomic mass is 16.5. The van der Waals surface area contributed by atoms with Crippen molar-refractivity contribution in [2.75, 3.05) is 32.0 Å². The van der Waals surface area contributed by atoms with Gasteiger partial charge in [0.05, 0.1) is 13.2 Å². The van der Waals surface area contributed by atoms with Gasteiger partial charge in [-0.05, 0) is 24.3 Å². The third kappa shape index (κ3) is 2.50. The molecule has 2 N–H and O–H groups in total. The molecular formula is C14H15N3O3. The molecule has 1 aromatic carbocycles. The molecule has 20 heavy (non-hydrogen) atoms. The average molecular weight is 273 g/mol. The molecule has 1 amide bonds. The van der Waals surface area contributed by atoms with Crippen molar-refractivity contribution in [3.05, 3.63) is 36.2 Å². The number of hydrogen-bond donors (Lipinski definition) is 1. The van der Waals surface area contributed by atoms with E-state index in [1.54, 1.807) is 17.0 Å². The van der Waals surface area contributed by atoms with E-state index in [4.69, 9.17) is 14.9 Å². The number of aromatic nitrogens is 1. The summed E-state index contributed by atoms with van der Waals surface area (Å²) in [5.41, 5.74) is 7.41. The van der Waals surface area contributed by atoms with Crippen molar-refractivity contribution in [2.24, 2.45) is 0 Å². The first kappa shape index (κ1) is 12.7. The zero-order chi connectivity index (χ0) is 13.9. The van der Waals surface area contributed by atoms with E-state index in [1.165, 1.54) is 6.26 Å². The minimum Gasteiger partial charge on any atom is -0.444 e. The smallest absolute Gasteiger partial charge is 0.275 e. The lowest BCUT2D eigenvalue weighted by Gasteiger charge is -2.25. The number of nitrogen functional groups attached to an aromatic ring is 1. The Morgan fingerprint density at radius 1 is 1.20 bits per heavy atom. The summed E-state index contributed by atoms with van der Waals surface area (Å²) in [4.78, 5) is 18.2. The quantitative estimate of drug-likeness (QED) is 0.836. The highest BCUT2D eigenvalue weighted by molar-refractivity contribution is 5.92. The Bertz CT molecular complexity index is 600. The van der Waals surface area contributed by atoms with Crippen LogP contribution < -0.4 is 5.73 Å². The van der Waals surface area contributed by atoms with Crippen molar-refractivity contribution in [1.29, 1.82) is 0 Å². The molecule has 2 aromatic rings. The summed E-state index contributed by atoms with van der Waals surface area (Å²) < 4.78 is 10.6. The van der Waals surface area contributed by atoms with Gasteiger partial charge < -0.3 is 19.8 Å². The Hall–Kier alpha value is -2.34. The molecule has 0 spiro atoms. The lowest BCUT2D eigenvalue weighted by Crippen LogP contribution is -2.40. The van der Waals surface area contributed by atoms with Crippen LogP contribution in [0.5, 0.6) is 0 Å². The largest absolute Gasteiger partial charge is 0.444 e. The van der Waals surface area contributed by atoms with Gasteiger partial charge in [0, 0.05) is 24.3 Å². The summed E-state index contributed by atoms with van der Waals surface area (Å²) in [6, 6.07) is 7.15. The van der Waals surface area contributed by atoms with Crippen LogP contribution in [0.25, 0.3) is 11.5 Å². The number of hydrogen-bond acceptors (Lipinski definition) is 5. The highest BCUT2D eigenvalue weighted by Crippen LogP contribution is 2.20. The van der Waals surface area contributed by atoms with Crippen LogP contribution in [0.3, 0.4) is 0 Å². The van der Waals surface area contributed by atoms with Gasteiger partial charge in [-0.2, -0.15) is 0 Å². The van der Waals surface area contributed by atoms with Gasteiger partial charge in [-0.15, -0.1) is 0 Å². The number of rotatable bonds is 2. The molecule has 1 aliphatic heterocycles. The van der Waals surface area contributed by atoms with E-state index in [9.17, 15) is 4.79 Å². The number of carbonyl (C=O) groups is 1. The molecule has 0 radical (unpaired) electrons. The number of benzene rings is 1. The van der Waals surface area contributed by atoms with Crippen LogP contribution in [-0.2, 0) is 4.74 Å². The van der Waals surface area contributed by atoms with Crippen LogP contribution in [0.4, 0.5) is 5.69 Å². The number of ether oxygens (including phenoxy) is 1. The zero-order valence-electron chi connectivity index (χ0n) is 10.9. The maximum Gasteiger partial charge on any atom is 0.275 e. The summed E-state index contributed by atoms with van der Waals surface area (Å²) in [6.07, 6.45) is 1.39. The van der Waals surface area contributed by atoms with Gasteiger partial charge in [0.2, 0.25) is 5.89 Å². The first-order valence-corrected chi connectivity index (χ1v) is 6.42. The zero-order valence-corrected chi connectivity index (χ0v) is 10.9. The van der Waals surface area contributed by atoms with Gasteiger partial charge in [-0.1, -0.05) is 0 Å². The average Bonchev–Trinajstić information content (AvgIpc) is 2.98. The molecular weight excluding hydrogens is 258 g/mol. The molecule has 1 aromatic heterocycles.